The molecule has 1 rings (SSSR count). The maximum absolute atomic E-state index is 14.1. The van der Waals surface area contributed by atoms with Crippen LogP contribution in [-0.4, -0.2) is 0 Å². The topological polar surface area (TPSA) is 95.2 Å². The van der Waals surface area contributed by atoms with Crippen LogP contribution in [0.2, 0.25) is 0 Å². The fourth-order valence-electron chi connectivity index (χ4n) is 1.49. The highest BCUT2D eigenvalue weighted by Gasteiger charge is 2.17. The zero-order chi connectivity index (χ0) is 15.4. The molecule has 1 aromatic rings. The molecular weight excluding hydrogens is 300 g/mol. The van der Waals surface area contributed by atoms with Crippen LogP contribution in [-0.2, 0) is 0 Å². The van der Waals surface area contributed by atoms with E-state index in [1.807, 2.05) is 18.5 Å². The van der Waals surface area contributed by atoms with Gasteiger partial charge in [0, 0.05) is 15.8 Å². The van der Waals surface area contributed by atoms with E-state index >= 15 is 0 Å². The number of hydrogen-bond donors (Lipinski definition) is 0. The zero-order valence-electron chi connectivity index (χ0n) is 9.70. The molecule has 1 aromatic carbocycles. The van der Waals surface area contributed by atoms with Crippen LogP contribution in [0.3, 0.4) is 0 Å². The Morgan fingerprint density at radius 2 is 1.00 bits per heavy atom. The van der Waals surface area contributed by atoms with E-state index in [0.29, 0.717) is 0 Å². The van der Waals surface area contributed by atoms with Crippen LogP contribution < -0.4 is 21.0 Å². The summed E-state index contributed by atoms with van der Waals surface area (Å²) in [7, 11) is 3.88. The van der Waals surface area contributed by atoms with Crippen LogP contribution in [0, 0.1) is 57.0 Å². The number of halogens is 2. The molecule has 0 aliphatic heterocycles. The third kappa shape index (κ3) is 2.37. The standard InChI is InChI=1S/C12H4F2N4P2/c13-9-7(5(1-15)2-16)10(14)12(20)8(11(9)19)6(3-17)4-18/h19-20H2. The van der Waals surface area contributed by atoms with Gasteiger partial charge >= 0.3 is 0 Å². The molecule has 0 saturated carbocycles. The quantitative estimate of drug-likeness (QED) is 0.596. The molecule has 0 aromatic heterocycles. The van der Waals surface area contributed by atoms with Gasteiger partial charge in [0.1, 0.15) is 47.1 Å². The zero-order valence-corrected chi connectivity index (χ0v) is 12.0. The van der Waals surface area contributed by atoms with E-state index in [4.69, 9.17) is 21.0 Å². The predicted molar refractivity (Wildman–Crippen MR) is 73.6 cm³/mol. The van der Waals surface area contributed by atoms with Crippen molar-refractivity contribution in [3.8, 4) is 24.3 Å². The second-order valence-electron chi connectivity index (χ2n) is 3.40. The van der Waals surface area contributed by atoms with Crippen molar-refractivity contribution in [2.24, 2.45) is 0 Å². The molecule has 0 saturated heterocycles. The first-order chi connectivity index (χ1) is 9.44. The summed E-state index contributed by atoms with van der Waals surface area (Å²) in [6, 6.07) is 5.88. The highest BCUT2D eigenvalue weighted by molar-refractivity contribution is 7.29. The Labute approximate surface area is 117 Å². The molecule has 0 N–H and O–H groups in total. The summed E-state index contributed by atoms with van der Waals surface area (Å²) in [6.45, 7) is 0. The summed E-state index contributed by atoms with van der Waals surface area (Å²) in [5, 5.41) is 33.5. The summed E-state index contributed by atoms with van der Waals surface area (Å²) < 4.78 is 28.3. The molecule has 0 amide bonds. The molecule has 0 heterocycles. The average Bonchev–Trinajstić information content (AvgIpc) is 2.46. The number of benzene rings is 1. The van der Waals surface area contributed by atoms with Crippen LogP contribution in [0.25, 0.3) is 11.1 Å². The van der Waals surface area contributed by atoms with Gasteiger partial charge in [-0.05, 0) is 0 Å². The molecular formula is C12H4F2N4P2. The van der Waals surface area contributed by atoms with Crippen LogP contribution in [0.4, 0.5) is 8.78 Å². The van der Waals surface area contributed by atoms with E-state index in [1.165, 1.54) is 24.3 Å². The van der Waals surface area contributed by atoms with Gasteiger partial charge in [0.05, 0.1) is 5.22 Å². The van der Waals surface area contributed by atoms with Gasteiger partial charge in [-0.25, -0.2) is 8.78 Å². The minimum absolute atomic E-state index is 0.223. The fraction of sp³-hybridized carbons (Fsp3) is 0. The van der Waals surface area contributed by atoms with Crippen molar-refractivity contribution >= 4 is 40.2 Å². The average molecular weight is 304 g/mol. The van der Waals surface area contributed by atoms with Crippen molar-refractivity contribution in [1.82, 2.24) is 0 Å². The fourth-order valence-corrected chi connectivity index (χ4v) is 2.55. The maximum atomic E-state index is 14.1. The molecule has 2 unspecified atom stereocenters. The number of nitriles is 4. The van der Waals surface area contributed by atoms with E-state index in [1.54, 1.807) is 0 Å². The minimum atomic E-state index is -1.17. The number of nitrogens with zero attached hydrogens (tertiary/aromatic N) is 4. The Bertz CT molecular complexity index is 750. The lowest BCUT2D eigenvalue weighted by Crippen LogP contribution is -2.44. The largest absolute Gasteiger partial charge is 0.205 e. The molecule has 0 aliphatic carbocycles. The summed E-state index contributed by atoms with van der Waals surface area (Å²) >= 11 is 0. The lowest BCUT2D eigenvalue weighted by Gasteiger charge is -2.05. The smallest absolute Gasteiger partial charge is 0.143 e. The van der Waals surface area contributed by atoms with E-state index in [2.05, 4.69) is 0 Å². The summed E-state index contributed by atoms with van der Waals surface area (Å²) in [5.41, 5.74) is -1.20. The Morgan fingerprint density at radius 3 is 1.30 bits per heavy atom. The molecule has 96 valence electrons. The van der Waals surface area contributed by atoms with Gasteiger partial charge in [-0.15, -0.1) is 18.5 Å². The van der Waals surface area contributed by atoms with Crippen molar-refractivity contribution in [3.63, 3.8) is 0 Å². The van der Waals surface area contributed by atoms with E-state index in [0.717, 1.165) is 0 Å². The van der Waals surface area contributed by atoms with Crippen LogP contribution in [0.15, 0.2) is 0 Å². The van der Waals surface area contributed by atoms with Crippen LogP contribution in [0.1, 0.15) is 0 Å². The summed E-state index contributed by atoms with van der Waals surface area (Å²) in [4.78, 5) is 0. The lowest BCUT2D eigenvalue weighted by atomic mass is 10.1. The molecule has 0 radical (unpaired) electrons. The van der Waals surface area contributed by atoms with Crippen LogP contribution in [0.5, 0.6) is 0 Å². The molecule has 0 fully saturated rings. The van der Waals surface area contributed by atoms with Crippen molar-refractivity contribution in [3.05, 3.63) is 22.1 Å². The van der Waals surface area contributed by atoms with Crippen molar-refractivity contribution < 1.29 is 8.78 Å². The van der Waals surface area contributed by atoms with Gasteiger partial charge in [0.25, 0.3) is 0 Å². The summed E-state index contributed by atoms with van der Waals surface area (Å²) in [5.74, 6) is -2.34. The molecule has 0 spiro atoms. The maximum Gasteiger partial charge on any atom is 0.143 e. The predicted octanol–water partition coefficient (Wildman–Crippen LogP) is -0.639. The van der Waals surface area contributed by atoms with Crippen molar-refractivity contribution in [1.29, 1.82) is 21.0 Å². The third-order valence-corrected chi connectivity index (χ3v) is 3.48. The molecule has 2 atom stereocenters. The highest BCUT2D eigenvalue weighted by Crippen LogP contribution is 2.00. The Balaban J connectivity index is 4.35. The molecule has 0 bridgehead atoms. The van der Waals surface area contributed by atoms with Gasteiger partial charge in [0.15, 0.2) is 0 Å². The molecule has 20 heavy (non-hydrogen) atoms. The second-order valence-corrected chi connectivity index (χ2v) is 4.56. The van der Waals surface area contributed by atoms with Crippen molar-refractivity contribution in [2.45, 2.75) is 0 Å². The normalized spacial score (nSPS) is 8.80. The molecule has 0 aliphatic rings. The van der Waals surface area contributed by atoms with Crippen LogP contribution >= 0.6 is 18.5 Å². The first-order valence-corrected chi connectivity index (χ1v) is 6.00. The van der Waals surface area contributed by atoms with Gasteiger partial charge in [-0.3, -0.25) is 0 Å². The Morgan fingerprint density at radius 1 is 0.700 bits per heavy atom. The second kappa shape index (κ2) is 6.19. The Hall–Kier alpha value is -2.36. The SMILES string of the molecule is N#CC(C#N)=c1c(F)c(P)c(=C(C#N)C#N)c(P)c1F. The van der Waals surface area contributed by atoms with E-state index < -0.39 is 28.0 Å². The number of rotatable bonds is 0. The molecule has 8 heteroatoms. The van der Waals surface area contributed by atoms with Crippen molar-refractivity contribution in [2.75, 3.05) is 0 Å². The van der Waals surface area contributed by atoms with E-state index in [-0.39, 0.29) is 15.8 Å². The number of hydrogen-bond acceptors (Lipinski definition) is 4. The third-order valence-electron chi connectivity index (χ3n) is 2.40. The molecule has 4 nitrogen and oxygen atoms in total. The first-order valence-electron chi connectivity index (χ1n) is 4.85. The van der Waals surface area contributed by atoms with Gasteiger partial charge < -0.3 is 0 Å². The van der Waals surface area contributed by atoms with Gasteiger partial charge in [0.2, 0.25) is 0 Å². The van der Waals surface area contributed by atoms with Gasteiger partial charge in [-0.1, -0.05) is 0 Å². The highest BCUT2D eigenvalue weighted by atomic mass is 31.0. The minimum Gasteiger partial charge on any atom is -0.205 e. The monoisotopic (exact) mass is 304 g/mol. The summed E-state index contributed by atoms with van der Waals surface area (Å²) in [6.07, 6.45) is 0. The lowest BCUT2D eigenvalue weighted by molar-refractivity contribution is 0.577. The first kappa shape index (κ1) is 15.7. The van der Waals surface area contributed by atoms with Gasteiger partial charge in [-0.2, -0.15) is 21.0 Å². The Kier molecular flexibility index (Phi) is 4.86. The van der Waals surface area contributed by atoms with E-state index in [9.17, 15) is 8.78 Å².